The van der Waals surface area contributed by atoms with Crippen molar-refractivity contribution in [2.24, 2.45) is 0 Å². The molecule has 4 rings (SSSR count). The Morgan fingerprint density at radius 1 is 1.09 bits per heavy atom. The molecule has 1 aliphatic carbocycles. The predicted octanol–water partition coefficient (Wildman–Crippen LogP) is 4.63. The van der Waals surface area contributed by atoms with E-state index >= 15 is 0 Å². The molecule has 4 heteroatoms. The van der Waals surface area contributed by atoms with Crippen LogP contribution in [0.2, 0.25) is 0 Å². The number of fused-ring (bicyclic) bond motifs is 1. The normalized spacial score (nSPS) is 16.2. The van der Waals surface area contributed by atoms with E-state index in [9.17, 15) is 4.79 Å². The molecular weight excluding hydrogens is 292 g/mol. The van der Waals surface area contributed by atoms with Crippen molar-refractivity contribution in [1.82, 2.24) is 9.55 Å². The fourth-order valence-electron chi connectivity index (χ4n) is 3.36. The molecule has 0 spiro atoms. The van der Waals surface area contributed by atoms with Crippen molar-refractivity contribution in [1.29, 1.82) is 0 Å². The highest BCUT2D eigenvalue weighted by Crippen LogP contribution is 2.32. The van der Waals surface area contributed by atoms with Crippen LogP contribution >= 0.6 is 11.3 Å². The van der Waals surface area contributed by atoms with Gasteiger partial charge in [0.05, 0.1) is 11.8 Å². The van der Waals surface area contributed by atoms with Gasteiger partial charge in [-0.25, -0.2) is 4.98 Å². The molecular formula is C18H18N2OS. The molecule has 1 aromatic carbocycles. The largest absolute Gasteiger partial charge is 0.295 e. The van der Waals surface area contributed by atoms with Gasteiger partial charge in [-0.05, 0) is 18.4 Å². The number of hydrogen-bond donors (Lipinski definition) is 0. The molecule has 0 radical (unpaired) electrons. The summed E-state index contributed by atoms with van der Waals surface area (Å²) in [6.45, 7) is 0. The number of aromatic nitrogens is 2. The molecule has 3 aromatic rings. The van der Waals surface area contributed by atoms with Gasteiger partial charge in [0.1, 0.15) is 4.70 Å². The molecule has 2 heterocycles. The van der Waals surface area contributed by atoms with Crippen molar-refractivity contribution >= 4 is 21.6 Å². The molecule has 0 bridgehead atoms. The maximum Gasteiger partial charge on any atom is 0.271 e. The van der Waals surface area contributed by atoms with Crippen molar-refractivity contribution in [3.8, 4) is 11.1 Å². The summed E-state index contributed by atoms with van der Waals surface area (Å²) in [5.74, 6) is 0. The first kappa shape index (κ1) is 13.7. The summed E-state index contributed by atoms with van der Waals surface area (Å²) in [6.07, 6.45) is 7.69. The molecule has 1 saturated carbocycles. The summed E-state index contributed by atoms with van der Waals surface area (Å²) in [7, 11) is 0. The Bertz CT molecular complexity index is 844. The second kappa shape index (κ2) is 5.69. The first-order chi connectivity index (χ1) is 10.8. The Balaban J connectivity index is 1.82. The minimum atomic E-state index is 0.129. The van der Waals surface area contributed by atoms with E-state index in [1.165, 1.54) is 30.6 Å². The van der Waals surface area contributed by atoms with Gasteiger partial charge in [0.25, 0.3) is 5.56 Å². The number of nitrogens with zero attached hydrogens (tertiary/aromatic N) is 2. The molecule has 0 aliphatic heterocycles. The molecule has 0 saturated heterocycles. The summed E-state index contributed by atoms with van der Waals surface area (Å²) in [5, 5.41) is 2.06. The molecule has 112 valence electrons. The van der Waals surface area contributed by atoms with Crippen LogP contribution in [0.5, 0.6) is 0 Å². The van der Waals surface area contributed by atoms with Crippen LogP contribution in [-0.2, 0) is 0 Å². The standard InChI is InChI=1S/C18H18N2OS/c21-18-17-16(15(11-22-17)13-7-3-1-4-8-13)19-12-20(18)14-9-5-2-6-10-14/h1,3-4,7-8,11-12,14H,2,5-6,9-10H2. The average Bonchev–Trinajstić information content (AvgIpc) is 3.02. The quantitative estimate of drug-likeness (QED) is 0.691. The van der Waals surface area contributed by atoms with Gasteiger partial charge in [0.15, 0.2) is 0 Å². The van der Waals surface area contributed by atoms with E-state index in [-0.39, 0.29) is 5.56 Å². The Morgan fingerprint density at radius 3 is 2.64 bits per heavy atom. The second-order valence-corrected chi connectivity index (χ2v) is 6.82. The van der Waals surface area contributed by atoms with Gasteiger partial charge >= 0.3 is 0 Å². The van der Waals surface area contributed by atoms with Gasteiger partial charge in [-0.15, -0.1) is 11.3 Å². The number of thiophene rings is 1. The topological polar surface area (TPSA) is 34.9 Å². The number of hydrogen-bond acceptors (Lipinski definition) is 3. The summed E-state index contributed by atoms with van der Waals surface area (Å²) in [4.78, 5) is 17.4. The number of rotatable bonds is 2. The van der Waals surface area contributed by atoms with Crippen molar-refractivity contribution < 1.29 is 0 Å². The molecule has 0 unspecified atom stereocenters. The van der Waals surface area contributed by atoms with Crippen LogP contribution in [-0.4, -0.2) is 9.55 Å². The highest BCUT2D eigenvalue weighted by molar-refractivity contribution is 7.17. The summed E-state index contributed by atoms with van der Waals surface area (Å²) in [5.41, 5.74) is 3.15. The zero-order chi connectivity index (χ0) is 14.9. The maximum atomic E-state index is 12.8. The lowest BCUT2D eigenvalue weighted by Crippen LogP contribution is -2.26. The van der Waals surface area contributed by atoms with Crippen LogP contribution in [0.4, 0.5) is 0 Å². The van der Waals surface area contributed by atoms with E-state index in [1.54, 1.807) is 6.33 Å². The van der Waals surface area contributed by atoms with Crippen LogP contribution in [0.25, 0.3) is 21.3 Å². The minimum absolute atomic E-state index is 0.129. The summed E-state index contributed by atoms with van der Waals surface area (Å²) >= 11 is 1.52. The third-order valence-corrected chi connectivity index (χ3v) is 5.51. The molecule has 3 nitrogen and oxygen atoms in total. The first-order valence-electron chi connectivity index (χ1n) is 7.88. The number of benzene rings is 1. The fraction of sp³-hybridized carbons (Fsp3) is 0.333. The van der Waals surface area contributed by atoms with E-state index in [0.29, 0.717) is 6.04 Å². The molecule has 0 N–H and O–H groups in total. The smallest absolute Gasteiger partial charge is 0.271 e. The Kier molecular flexibility index (Phi) is 3.54. The van der Waals surface area contributed by atoms with Gasteiger partial charge in [-0.1, -0.05) is 49.6 Å². The van der Waals surface area contributed by atoms with Crippen molar-refractivity contribution in [2.75, 3.05) is 0 Å². The lowest BCUT2D eigenvalue weighted by atomic mass is 9.95. The third kappa shape index (κ3) is 2.28. The second-order valence-electron chi connectivity index (χ2n) is 5.94. The molecule has 1 fully saturated rings. The Hall–Kier alpha value is -1.94. The van der Waals surface area contributed by atoms with Crippen LogP contribution in [0.15, 0.2) is 46.8 Å². The monoisotopic (exact) mass is 310 g/mol. The summed E-state index contributed by atoms with van der Waals surface area (Å²) < 4.78 is 2.65. The first-order valence-corrected chi connectivity index (χ1v) is 8.76. The average molecular weight is 310 g/mol. The molecule has 1 aliphatic rings. The Morgan fingerprint density at radius 2 is 1.86 bits per heavy atom. The van der Waals surface area contributed by atoms with Gasteiger partial charge in [-0.3, -0.25) is 9.36 Å². The summed E-state index contributed by atoms with van der Waals surface area (Å²) in [6, 6.07) is 10.5. The van der Waals surface area contributed by atoms with Crippen LogP contribution in [0.3, 0.4) is 0 Å². The van der Waals surface area contributed by atoms with E-state index < -0.39 is 0 Å². The third-order valence-electron chi connectivity index (χ3n) is 4.56. The van der Waals surface area contributed by atoms with Crippen LogP contribution in [0, 0.1) is 0 Å². The van der Waals surface area contributed by atoms with E-state index in [2.05, 4.69) is 22.5 Å². The van der Waals surface area contributed by atoms with Crippen LogP contribution < -0.4 is 5.56 Å². The predicted molar refractivity (Wildman–Crippen MR) is 91.4 cm³/mol. The highest BCUT2D eigenvalue weighted by Gasteiger charge is 2.19. The molecule has 0 atom stereocenters. The van der Waals surface area contributed by atoms with E-state index in [0.717, 1.165) is 34.2 Å². The van der Waals surface area contributed by atoms with E-state index in [1.807, 2.05) is 22.8 Å². The van der Waals surface area contributed by atoms with Gasteiger partial charge in [0.2, 0.25) is 0 Å². The molecule has 22 heavy (non-hydrogen) atoms. The van der Waals surface area contributed by atoms with Crippen LogP contribution in [0.1, 0.15) is 38.1 Å². The van der Waals surface area contributed by atoms with Gasteiger partial charge in [-0.2, -0.15) is 0 Å². The SMILES string of the molecule is O=c1c2scc(-c3ccccc3)c2ncn1C1CCCCC1. The lowest BCUT2D eigenvalue weighted by Gasteiger charge is -2.23. The molecule has 2 aromatic heterocycles. The van der Waals surface area contributed by atoms with Crippen molar-refractivity contribution in [3.05, 3.63) is 52.4 Å². The van der Waals surface area contributed by atoms with Crippen molar-refractivity contribution in [2.45, 2.75) is 38.1 Å². The zero-order valence-electron chi connectivity index (χ0n) is 12.4. The highest BCUT2D eigenvalue weighted by atomic mass is 32.1. The van der Waals surface area contributed by atoms with E-state index in [4.69, 9.17) is 0 Å². The van der Waals surface area contributed by atoms with Crippen molar-refractivity contribution in [3.63, 3.8) is 0 Å². The maximum absolute atomic E-state index is 12.8. The Labute approximate surface area is 133 Å². The zero-order valence-corrected chi connectivity index (χ0v) is 13.2. The van der Waals surface area contributed by atoms with Gasteiger partial charge in [0, 0.05) is 17.0 Å². The molecule has 0 amide bonds. The lowest BCUT2D eigenvalue weighted by molar-refractivity contribution is 0.345. The fourth-order valence-corrected chi connectivity index (χ4v) is 4.33. The van der Waals surface area contributed by atoms with Gasteiger partial charge < -0.3 is 0 Å². The minimum Gasteiger partial charge on any atom is -0.295 e.